The molecule has 0 aliphatic carbocycles. The number of urea groups is 1. The summed E-state index contributed by atoms with van der Waals surface area (Å²) in [7, 11) is 0. The zero-order valence-corrected chi connectivity index (χ0v) is 15.6. The molecule has 1 aliphatic heterocycles. The minimum atomic E-state index is -0.526. The van der Waals surface area contributed by atoms with Crippen LogP contribution in [0.1, 0.15) is 31.1 Å². The van der Waals surface area contributed by atoms with Gasteiger partial charge in [0, 0.05) is 25.3 Å². The SMILES string of the molecule is CC(C)C(C)(CN)NC(=O)c1cc(N2CCNC2=O)ccc1Cl.Cl. The van der Waals surface area contributed by atoms with E-state index in [1.54, 1.807) is 23.1 Å². The maximum absolute atomic E-state index is 12.6. The predicted molar refractivity (Wildman–Crippen MR) is 99.2 cm³/mol. The molecule has 2 rings (SSSR count). The van der Waals surface area contributed by atoms with Crippen LogP contribution in [0.4, 0.5) is 10.5 Å². The first-order valence-electron chi connectivity index (χ1n) is 7.66. The largest absolute Gasteiger partial charge is 0.345 e. The lowest BCUT2D eigenvalue weighted by molar-refractivity contribution is 0.0883. The van der Waals surface area contributed by atoms with Crippen molar-refractivity contribution >= 4 is 41.6 Å². The van der Waals surface area contributed by atoms with Gasteiger partial charge in [-0.25, -0.2) is 4.79 Å². The highest BCUT2D eigenvalue weighted by molar-refractivity contribution is 6.34. The minimum Gasteiger partial charge on any atom is -0.345 e. The molecule has 1 saturated heterocycles. The predicted octanol–water partition coefficient (Wildman–Crippen LogP) is 2.39. The highest BCUT2D eigenvalue weighted by atomic mass is 35.5. The number of carbonyl (C=O) groups excluding carboxylic acids is 2. The maximum Gasteiger partial charge on any atom is 0.321 e. The van der Waals surface area contributed by atoms with E-state index < -0.39 is 5.54 Å². The van der Waals surface area contributed by atoms with Gasteiger partial charge < -0.3 is 16.4 Å². The molecule has 134 valence electrons. The summed E-state index contributed by atoms with van der Waals surface area (Å²) in [5.41, 5.74) is 6.27. The van der Waals surface area contributed by atoms with Gasteiger partial charge in [0.15, 0.2) is 0 Å². The highest BCUT2D eigenvalue weighted by Crippen LogP contribution is 2.25. The number of carbonyl (C=O) groups is 2. The van der Waals surface area contributed by atoms with E-state index >= 15 is 0 Å². The van der Waals surface area contributed by atoms with E-state index in [0.717, 1.165) is 0 Å². The van der Waals surface area contributed by atoms with E-state index in [1.807, 2.05) is 20.8 Å². The third-order valence-electron chi connectivity index (χ3n) is 4.46. The molecule has 0 radical (unpaired) electrons. The van der Waals surface area contributed by atoms with E-state index in [0.29, 0.717) is 35.9 Å². The average molecular weight is 375 g/mol. The second-order valence-corrected chi connectivity index (χ2v) is 6.69. The quantitative estimate of drug-likeness (QED) is 0.739. The first kappa shape index (κ1) is 20.5. The van der Waals surface area contributed by atoms with E-state index in [-0.39, 0.29) is 30.3 Å². The zero-order valence-electron chi connectivity index (χ0n) is 14.1. The van der Waals surface area contributed by atoms with Gasteiger partial charge in [-0.1, -0.05) is 25.4 Å². The van der Waals surface area contributed by atoms with Crippen molar-refractivity contribution in [1.82, 2.24) is 10.6 Å². The molecule has 0 aromatic heterocycles. The number of halogens is 2. The number of nitrogens with two attached hydrogens (primary N) is 1. The van der Waals surface area contributed by atoms with Crippen LogP contribution < -0.4 is 21.3 Å². The summed E-state index contributed by atoms with van der Waals surface area (Å²) in [6.07, 6.45) is 0. The molecule has 1 atom stereocenters. The van der Waals surface area contributed by atoms with Crippen molar-refractivity contribution in [3.05, 3.63) is 28.8 Å². The summed E-state index contributed by atoms with van der Waals surface area (Å²) in [6.45, 7) is 7.37. The number of rotatable bonds is 5. The third kappa shape index (κ3) is 4.12. The fraction of sp³-hybridized carbons (Fsp3) is 0.500. The molecule has 1 unspecified atom stereocenters. The lowest BCUT2D eigenvalue weighted by Gasteiger charge is -2.33. The number of nitrogens with one attached hydrogen (secondary N) is 2. The highest BCUT2D eigenvalue weighted by Gasteiger charge is 2.30. The molecule has 6 nitrogen and oxygen atoms in total. The van der Waals surface area contributed by atoms with Crippen LogP contribution in [0.15, 0.2) is 18.2 Å². The molecule has 0 bridgehead atoms. The Labute approximate surface area is 153 Å². The molecule has 8 heteroatoms. The number of hydrogen-bond acceptors (Lipinski definition) is 3. The van der Waals surface area contributed by atoms with Crippen molar-refractivity contribution < 1.29 is 9.59 Å². The molecule has 0 saturated carbocycles. The average Bonchev–Trinajstić information content (AvgIpc) is 2.93. The third-order valence-corrected chi connectivity index (χ3v) is 4.79. The van der Waals surface area contributed by atoms with Gasteiger partial charge in [-0.05, 0) is 31.0 Å². The molecular weight excluding hydrogens is 351 g/mol. The first-order chi connectivity index (χ1) is 10.8. The van der Waals surface area contributed by atoms with Crippen LogP contribution in [0.5, 0.6) is 0 Å². The fourth-order valence-electron chi connectivity index (χ4n) is 2.33. The zero-order chi connectivity index (χ0) is 17.2. The topological polar surface area (TPSA) is 87.5 Å². The number of hydrogen-bond donors (Lipinski definition) is 3. The molecule has 1 aliphatic rings. The lowest BCUT2D eigenvalue weighted by Crippen LogP contribution is -2.55. The van der Waals surface area contributed by atoms with Gasteiger partial charge in [0.25, 0.3) is 5.91 Å². The normalized spacial score (nSPS) is 16.4. The number of benzene rings is 1. The number of anilines is 1. The smallest absolute Gasteiger partial charge is 0.321 e. The fourth-order valence-corrected chi connectivity index (χ4v) is 2.53. The van der Waals surface area contributed by atoms with Crippen LogP contribution in [0, 0.1) is 5.92 Å². The Balaban J connectivity index is 0.00000288. The van der Waals surface area contributed by atoms with Gasteiger partial charge in [-0.15, -0.1) is 12.4 Å². The number of nitrogens with zero attached hydrogens (tertiary/aromatic N) is 1. The second-order valence-electron chi connectivity index (χ2n) is 6.28. The van der Waals surface area contributed by atoms with Gasteiger partial charge in [0.1, 0.15) is 0 Å². The van der Waals surface area contributed by atoms with Crippen molar-refractivity contribution in [2.75, 3.05) is 24.5 Å². The molecule has 24 heavy (non-hydrogen) atoms. The maximum atomic E-state index is 12.6. The van der Waals surface area contributed by atoms with Crippen molar-refractivity contribution in [2.45, 2.75) is 26.3 Å². The van der Waals surface area contributed by atoms with Crippen LogP contribution in [-0.2, 0) is 0 Å². The van der Waals surface area contributed by atoms with Crippen molar-refractivity contribution in [1.29, 1.82) is 0 Å². The molecule has 0 spiro atoms. The van der Waals surface area contributed by atoms with Crippen LogP contribution >= 0.6 is 24.0 Å². The number of amides is 3. The molecule has 1 heterocycles. The molecular formula is C16H24Cl2N4O2. The van der Waals surface area contributed by atoms with Crippen molar-refractivity contribution in [3.8, 4) is 0 Å². The first-order valence-corrected chi connectivity index (χ1v) is 8.04. The summed E-state index contributed by atoms with van der Waals surface area (Å²) in [4.78, 5) is 26.0. The molecule has 1 aromatic carbocycles. The molecule has 3 amide bonds. The Morgan fingerprint density at radius 2 is 2.17 bits per heavy atom. The van der Waals surface area contributed by atoms with Gasteiger partial charge in [-0.2, -0.15) is 0 Å². The van der Waals surface area contributed by atoms with Gasteiger partial charge in [0.05, 0.1) is 16.1 Å². The summed E-state index contributed by atoms with van der Waals surface area (Å²) >= 11 is 6.17. The molecule has 1 aromatic rings. The van der Waals surface area contributed by atoms with Gasteiger partial charge in [0.2, 0.25) is 0 Å². The monoisotopic (exact) mass is 374 g/mol. The Kier molecular flexibility index (Phi) is 6.89. The van der Waals surface area contributed by atoms with E-state index in [9.17, 15) is 9.59 Å². The molecule has 4 N–H and O–H groups in total. The lowest BCUT2D eigenvalue weighted by atomic mass is 9.88. The summed E-state index contributed by atoms with van der Waals surface area (Å²) in [6, 6.07) is 4.83. The summed E-state index contributed by atoms with van der Waals surface area (Å²) < 4.78 is 0. The Bertz CT molecular complexity index is 624. The Morgan fingerprint density at radius 3 is 2.67 bits per heavy atom. The van der Waals surface area contributed by atoms with E-state index in [4.69, 9.17) is 17.3 Å². The van der Waals surface area contributed by atoms with Gasteiger partial charge >= 0.3 is 6.03 Å². The van der Waals surface area contributed by atoms with Crippen LogP contribution in [-0.4, -0.2) is 37.1 Å². The Hall–Kier alpha value is -1.50. The standard InChI is InChI=1S/C16H23ClN4O2.ClH/c1-10(2)16(3,9-18)20-14(22)12-8-11(4-5-13(12)17)21-7-6-19-15(21)23;/h4-5,8,10H,6-7,9,18H2,1-3H3,(H,19,23)(H,20,22);1H. The van der Waals surface area contributed by atoms with Crippen molar-refractivity contribution in [3.63, 3.8) is 0 Å². The van der Waals surface area contributed by atoms with Crippen LogP contribution in [0.2, 0.25) is 5.02 Å². The minimum absolute atomic E-state index is 0. The van der Waals surface area contributed by atoms with E-state index in [2.05, 4.69) is 10.6 Å². The second kappa shape index (κ2) is 8.05. The summed E-state index contributed by atoms with van der Waals surface area (Å²) in [5.74, 6) is -0.124. The summed E-state index contributed by atoms with van der Waals surface area (Å²) in [5, 5.41) is 6.03. The van der Waals surface area contributed by atoms with Crippen LogP contribution in [0.3, 0.4) is 0 Å². The van der Waals surface area contributed by atoms with E-state index in [1.165, 1.54) is 0 Å². The Morgan fingerprint density at radius 1 is 1.50 bits per heavy atom. The van der Waals surface area contributed by atoms with Gasteiger partial charge in [-0.3, -0.25) is 9.69 Å². The van der Waals surface area contributed by atoms with Crippen molar-refractivity contribution in [2.24, 2.45) is 11.7 Å². The molecule has 1 fully saturated rings. The van der Waals surface area contributed by atoms with Crippen LogP contribution in [0.25, 0.3) is 0 Å².